The van der Waals surface area contributed by atoms with Crippen molar-refractivity contribution in [2.75, 3.05) is 12.8 Å². The zero-order valence-electron chi connectivity index (χ0n) is 10.3. The summed E-state index contributed by atoms with van der Waals surface area (Å²) in [5, 5.41) is 0.366. The highest BCUT2D eigenvalue weighted by Gasteiger charge is 2.18. The third kappa shape index (κ3) is 2.36. The number of carbonyl (C=O) groups is 1. The van der Waals surface area contributed by atoms with Gasteiger partial charge in [0.25, 0.3) is 0 Å². The number of thiazole rings is 1. The number of hydrogen-bond acceptors (Lipinski definition) is 5. The van der Waals surface area contributed by atoms with Crippen molar-refractivity contribution in [2.45, 2.75) is 13.3 Å². The van der Waals surface area contributed by atoms with Crippen LogP contribution in [0.5, 0.6) is 0 Å². The van der Waals surface area contributed by atoms with Gasteiger partial charge in [-0.15, -0.1) is 0 Å². The Morgan fingerprint density at radius 2 is 2.06 bits per heavy atom. The number of rotatable bonds is 3. The number of nitrogens with zero attached hydrogens (tertiary/aromatic N) is 1. The Kier molecular flexibility index (Phi) is 3.62. The van der Waals surface area contributed by atoms with Crippen molar-refractivity contribution in [1.29, 1.82) is 0 Å². The maximum absolute atomic E-state index is 11.6. The number of hydrogen-bond donors (Lipinski definition) is 1. The summed E-state index contributed by atoms with van der Waals surface area (Å²) in [6.07, 6.45) is 0.976. The predicted molar refractivity (Wildman–Crippen MR) is 72.7 cm³/mol. The van der Waals surface area contributed by atoms with Crippen molar-refractivity contribution in [3.8, 4) is 11.3 Å². The summed E-state index contributed by atoms with van der Waals surface area (Å²) in [6, 6.07) is 7.93. The van der Waals surface area contributed by atoms with Crippen molar-refractivity contribution >= 4 is 22.4 Å². The molecule has 0 amide bonds. The summed E-state index contributed by atoms with van der Waals surface area (Å²) in [6.45, 7) is 2.09. The van der Waals surface area contributed by atoms with Crippen LogP contribution in [0.25, 0.3) is 11.3 Å². The van der Waals surface area contributed by atoms with Crippen LogP contribution in [0.1, 0.15) is 22.2 Å². The molecular weight excluding hydrogens is 248 g/mol. The second kappa shape index (κ2) is 5.18. The Balaban J connectivity index is 2.45. The summed E-state index contributed by atoms with van der Waals surface area (Å²) in [5.41, 5.74) is 8.37. The number of benzene rings is 1. The molecule has 5 heteroatoms. The number of anilines is 1. The molecular formula is C13H14N2O2S. The van der Waals surface area contributed by atoms with E-state index in [9.17, 15) is 4.79 Å². The van der Waals surface area contributed by atoms with Crippen LogP contribution in [0, 0.1) is 0 Å². The van der Waals surface area contributed by atoms with Crippen LogP contribution in [-0.2, 0) is 11.2 Å². The fourth-order valence-corrected chi connectivity index (χ4v) is 2.43. The number of esters is 1. The molecule has 94 valence electrons. The van der Waals surface area contributed by atoms with Gasteiger partial charge in [-0.25, -0.2) is 9.78 Å². The summed E-state index contributed by atoms with van der Waals surface area (Å²) < 4.78 is 4.73. The van der Waals surface area contributed by atoms with E-state index in [0.717, 1.165) is 23.3 Å². The second-order valence-corrected chi connectivity index (χ2v) is 4.80. The average Bonchev–Trinajstić information content (AvgIpc) is 2.80. The fourth-order valence-electron chi connectivity index (χ4n) is 1.66. The van der Waals surface area contributed by atoms with Crippen LogP contribution in [0.15, 0.2) is 24.3 Å². The minimum Gasteiger partial charge on any atom is -0.465 e. The molecule has 0 spiro atoms. The Morgan fingerprint density at radius 3 is 2.61 bits per heavy atom. The Morgan fingerprint density at radius 1 is 1.39 bits per heavy atom. The minimum absolute atomic E-state index is 0.366. The molecule has 2 aromatic rings. The molecule has 0 radical (unpaired) electrons. The SMILES string of the molecule is CCc1ccc(-c2nc(N)sc2C(=O)OC)cc1. The topological polar surface area (TPSA) is 65.2 Å². The number of aromatic nitrogens is 1. The van der Waals surface area contributed by atoms with Gasteiger partial charge in [0.15, 0.2) is 5.13 Å². The molecule has 0 unspecified atom stereocenters. The van der Waals surface area contributed by atoms with Gasteiger partial charge in [-0.05, 0) is 12.0 Å². The lowest BCUT2D eigenvalue weighted by molar-refractivity contribution is 0.0607. The van der Waals surface area contributed by atoms with Crippen molar-refractivity contribution in [3.63, 3.8) is 0 Å². The lowest BCUT2D eigenvalue weighted by Crippen LogP contribution is -2.00. The number of ether oxygens (including phenoxy) is 1. The molecule has 0 aliphatic rings. The van der Waals surface area contributed by atoms with E-state index >= 15 is 0 Å². The molecule has 1 heterocycles. The zero-order chi connectivity index (χ0) is 13.1. The lowest BCUT2D eigenvalue weighted by atomic mass is 10.1. The van der Waals surface area contributed by atoms with Crippen LogP contribution < -0.4 is 5.73 Å². The molecule has 2 N–H and O–H groups in total. The molecule has 0 fully saturated rings. The van der Waals surface area contributed by atoms with Crippen LogP contribution >= 0.6 is 11.3 Å². The molecule has 18 heavy (non-hydrogen) atoms. The maximum atomic E-state index is 11.6. The van der Waals surface area contributed by atoms with E-state index < -0.39 is 5.97 Å². The van der Waals surface area contributed by atoms with Crippen molar-refractivity contribution in [1.82, 2.24) is 4.98 Å². The number of methoxy groups -OCH3 is 1. The largest absolute Gasteiger partial charge is 0.465 e. The Bertz CT molecular complexity index is 561. The molecule has 0 atom stereocenters. The first-order valence-corrected chi connectivity index (χ1v) is 6.41. The number of nitrogen functional groups attached to an aromatic ring is 1. The van der Waals surface area contributed by atoms with Crippen molar-refractivity contribution in [3.05, 3.63) is 34.7 Å². The molecule has 0 aliphatic heterocycles. The molecule has 4 nitrogen and oxygen atoms in total. The summed E-state index contributed by atoms with van der Waals surface area (Å²) in [5.74, 6) is -0.404. The molecule has 1 aromatic heterocycles. The average molecular weight is 262 g/mol. The van der Waals surface area contributed by atoms with E-state index in [-0.39, 0.29) is 0 Å². The van der Waals surface area contributed by atoms with Gasteiger partial charge in [0.2, 0.25) is 0 Å². The summed E-state index contributed by atoms with van der Waals surface area (Å²) in [4.78, 5) is 16.3. The molecule has 0 aliphatic carbocycles. The Labute approximate surface area is 109 Å². The molecule has 0 bridgehead atoms. The molecule has 0 saturated heterocycles. The smallest absolute Gasteiger partial charge is 0.350 e. The quantitative estimate of drug-likeness (QED) is 0.864. The first-order valence-electron chi connectivity index (χ1n) is 5.59. The third-order valence-electron chi connectivity index (χ3n) is 2.65. The van der Waals surface area contributed by atoms with Gasteiger partial charge >= 0.3 is 5.97 Å². The van der Waals surface area contributed by atoms with Gasteiger partial charge in [-0.1, -0.05) is 42.5 Å². The number of carbonyl (C=O) groups excluding carboxylic acids is 1. The number of aryl methyl sites for hydroxylation is 1. The standard InChI is InChI=1S/C13H14N2O2S/c1-3-8-4-6-9(7-5-8)10-11(12(16)17-2)18-13(14)15-10/h4-7H,3H2,1-2H3,(H2,14,15). The first kappa shape index (κ1) is 12.6. The van der Waals surface area contributed by atoms with Gasteiger partial charge in [0, 0.05) is 5.56 Å². The highest BCUT2D eigenvalue weighted by molar-refractivity contribution is 7.17. The van der Waals surface area contributed by atoms with E-state index in [2.05, 4.69) is 11.9 Å². The summed E-state index contributed by atoms with van der Waals surface area (Å²) >= 11 is 1.14. The van der Waals surface area contributed by atoms with E-state index in [1.807, 2.05) is 24.3 Å². The highest BCUT2D eigenvalue weighted by atomic mass is 32.1. The van der Waals surface area contributed by atoms with Crippen molar-refractivity contribution in [2.24, 2.45) is 0 Å². The van der Waals surface area contributed by atoms with Gasteiger partial charge < -0.3 is 10.5 Å². The normalized spacial score (nSPS) is 10.3. The van der Waals surface area contributed by atoms with Gasteiger partial charge in [-0.2, -0.15) is 0 Å². The van der Waals surface area contributed by atoms with E-state index in [4.69, 9.17) is 10.5 Å². The molecule has 1 aromatic carbocycles. The molecule has 0 saturated carbocycles. The minimum atomic E-state index is -0.404. The maximum Gasteiger partial charge on any atom is 0.350 e. The van der Waals surface area contributed by atoms with Crippen LogP contribution in [0.4, 0.5) is 5.13 Å². The van der Waals surface area contributed by atoms with E-state index in [1.54, 1.807) is 0 Å². The first-order chi connectivity index (χ1) is 8.65. The van der Waals surface area contributed by atoms with Gasteiger partial charge in [0.05, 0.1) is 12.8 Å². The third-order valence-corrected chi connectivity index (χ3v) is 3.51. The van der Waals surface area contributed by atoms with E-state index in [1.165, 1.54) is 12.7 Å². The van der Waals surface area contributed by atoms with Crippen LogP contribution in [0.3, 0.4) is 0 Å². The number of nitrogens with two attached hydrogens (primary N) is 1. The van der Waals surface area contributed by atoms with Crippen LogP contribution in [0.2, 0.25) is 0 Å². The summed E-state index contributed by atoms with van der Waals surface area (Å²) in [7, 11) is 1.35. The highest BCUT2D eigenvalue weighted by Crippen LogP contribution is 2.30. The monoisotopic (exact) mass is 262 g/mol. The second-order valence-electron chi connectivity index (χ2n) is 3.77. The lowest BCUT2D eigenvalue weighted by Gasteiger charge is -2.02. The van der Waals surface area contributed by atoms with Crippen LogP contribution in [-0.4, -0.2) is 18.1 Å². The fraction of sp³-hybridized carbons (Fsp3) is 0.231. The predicted octanol–water partition coefficient (Wildman–Crippen LogP) is 2.74. The Hall–Kier alpha value is -1.88. The van der Waals surface area contributed by atoms with E-state index in [0.29, 0.717) is 15.7 Å². The van der Waals surface area contributed by atoms with Gasteiger partial charge in [0.1, 0.15) is 4.88 Å². The van der Waals surface area contributed by atoms with Crippen molar-refractivity contribution < 1.29 is 9.53 Å². The molecule has 2 rings (SSSR count). The van der Waals surface area contributed by atoms with Gasteiger partial charge in [-0.3, -0.25) is 0 Å². The zero-order valence-corrected chi connectivity index (χ0v) is 11.1.